The Labute approximate surface area is 65.5 Å². The Morgan fingerprint density at radius 1 is 1.18 bits per heavy atom. The van der Waals surface area contributed by atoms with Crippen molar-refractivity contribution in [3.8, 4) is 0 Å². The standard InChI is InChI=1S/C7H12N4/c8-7(11-9)10-6-4-2-1-3-5-6/h1-5,7,10-11H,8-9H2. The van der Waals surface area contributed by atoms with E-state index in [1.165, 1.54) is 0 Å². The normalized spacial score (nSPS) is 12.5. The fraction of sp³-hybridized carbons (Fsp3) is 0.143. The van der Waals surface area contributed by atoms with E-state index >= 15 is 0 Å². The number of hydrazine groups is 1. The van der Waals surface area contributed by atoms with Crippen molar-refractivity contribution in [1.29, 1.82) is 0 Å². The summed E-state index contributed by atoms with van der Waals surface area (Å²) < 4.78 is 0. The lowest BCUT2D eigenvalue weighted by Crippen LogP contribution is -2.47. The Bertz CT molecular complexity index is 199. The van der Waals surface area contributed by atoms with Gasteiger partial charge in [-0.05, 0) is 12.1 Å². The first-order valence-electron chi connectivity index (χ1n) is 3.36. The van der Waals surface area contributed by atoms with Crippen LogP contribution in [0, 0.1) is 0 Å². The van der Waals surface area contributed by atoms with Gasteiger partial charge in [0.05, 0.1) is 0 Å². The van der Waals surface area contributed by atoms with Crippen LogP contribution in [0.3, 0.4) is 0 Å². The van der Waals surface area contributed by atoms with Crippen LogP contribution in [0.1, 0.15) is 0 Å². The molecule has 0 heterocycles. The number of hydrogen-bond acceptors (Lipinski definition) is 4. The minimum Gasteiger partial charge on any atom is -0.357 e. The van der Waals surface area contributed by atoms with Crippen LogP contribution in [-0.2, 0) is 0 Å². The number of benzene rings is 1. The number of para-hydroxylation sites is 1. The van der Waals surface area contributed by atoms with E-state index in [2.05, 4.69) is 10.7 Å². The van der Waals surface area contributed by atoms with Crippen molar-refractivity contribution in [2.75, 3.05) is 5.32 Å². The maximum Gasteiger partial charge on any atom is 0.142 e. The van der Waals surface area contributed by atoms with Crippen LogP contribution in [0.2, 0.25) is 0 Å². The van der Waals surface area contributed by atoms with Gasteiger partial charge in [-0.1, -0.05) is 18.2 Å². The summed E-state index contributed by atoms with van der Waals surface area (Å²) in [6.07, 6.45) is -0.405. The summed E-state index contributed by atoms with van der Waals surface area (Å²) in [6, 6.07) is 9.61. The summed E-state index contributed by atoms with van der Waals surface area (Å²) in [7, 11) is 0. The SMILES string of the molecule is NNC(N)Nc1ccccc1. The molecule has 0 aliphatic rings. The van der Waals surface area contributed by atoms with Gasteiger partial charge in [0.15, 0.2) is 0 Å². The fourth-order valence-corrected chi connectivity index (χ4v) is 0.756. The zero-order valence-corrected chi connectivity index (χ0v) is 6.12. The van der Waals surface area contributed by atoms with Crippen LogP contribution in [-0.4, -0.2) is 6.29 Å². The average Bonchev–Trinajstić information content (AvgIpc) is 2.06. The van der Waals surface area contributed by atoms with Gasteiger partial charge in [-0.2, -0.15) is 0 Å². The minimum absolute atomic E-state index is 0.405. The average molecular weight is 152 g/mol. The van der Waals surface area contributed by atoms with Crippen molar-refractivity contribution in [2.24, 2.45) is 11.6 Å². The van der Waals surface area contributed by atoms with Gasteiger partial charge in [-0.3, -0.25) is 11.6 Å². The molecule has 4 nitrogen and oxygen atoms in total. The predicted octanol–water partition coefficient (Wildman–Crippen LogP) is -0.196. The maximum absolute atomic E-state index is 5.46. The van der Waals surface area contributed by atoms with Crippen molar-refractivity contribution < 1.29 is 0 Å². The highest BCUT2D eigenvalue weighted by molar-refractivity contribution is 5.42. The fourth-order valence-electron chi connectivity index (χ4n) is 0.756. The quantitative estimate of drug-likeness (QED) is 0.275. The highest BCUT2D eigenvalue weighted by Gasteiger charge is 1.95. The van der Waals surface area contributed by atoms with Gasteiger partial charge >= 0.3 is 0 Å². The topological polar surface area (TPSA) is 76.1 Å². The molecule has 1 aromatic rings. The van der Waals surface area contributed by atoms with E-state index in [0.29, 0.717) is 0 Å². The Kier molecular flexibility index (Phi) is 2.85. The van der Waals surface area contributed by atoms with Gasteiger partial charge in [0.25, 0.3) is 0 Å². The van der Waals surface area contributed by atoms with Crippen LogP contribution < -0.4 is 22.3 Å². The molecule has 0 bridgehead atoms. The number of nitrogens with two attached hydrogens (primary N) is 2. The van der Waals surface area contributed by atoms with Gasteiger partial charge in [-0.25, -0.2) is 5.43 Å². The summed E-state index contributed by atoms with van der Waals surface area (Å²) in [4.78, 5) is 0. The van der Waals surface area contributed by atoms with Crippen LogP contribution in [0.25, 0.3) is 0 Å². The second kappa shape index (κ2) is 3.92. The van der Waals surface area contributed by atoms with Gasteiger partial charge < -0.3 is 5.32 Å². The monoisotopic (exact) mass is 152 g/mol. The predicted molar refractivity (Wildman–Crippen MR) is 45.4 cm³/mol. The molecule has 1 aromatic carbocycles. The Morgan fingerprint density at radius 2 is 1.82 bits per heavy atom. The third-order valence-electron chi connectivity index (χ3n) is 1.28. The van der Waals surface area contributed by atoms with Crippen molar-refractivity contribution in [3.05, 3.63) is 30.3 Å². The van der Waals surface area contributed by atoms with E-state index in [9.17, 15) is 0 Å². The summed E-state index contributed by atoms with van der Waals surface area (Å²) >= 11 is 0. The van der Waals surface area contributed by atoms with Gasteiger partial charge in [0, 0.05) is 5.69 Å². The largest absolute Gasteiger partial charge is 0.357 e. The lowest BCUT2D eigenvalue weighted by Gasteiger charge is -2.12. The third-order valence-corrected chi connectivity index (χ3v) is 1.28. The van der Waals surface area contributed by atoms with Gasteiger partial charge in [0.1, 0.15) is 6.29 Å². The van der Waals surface area contributed by atoms with Crippen LogP contribution in [0.4, 0.5) is 5.69 Å². The minimum atomic E-state index is -0.405. The molecule has 6 N–H and O–H groups in total. The molecular weight excluding hydrogens is 140 g/mol. The van der Waals surface area contributed by atoms with E-state index in [0.717, 1.165) is 5.69 Å². The molecule has 0 saturated heterocycles. The van der Waals surface area contributed by atoms with Gasteiger partial charge in [-0.15, -0.1) is 0 Å². The summed E-state index contributed by atoms with van der Waals surface area (Å²) in [5.41, 5.74) is 8.78. The Balaban J connectivity index is 2.51. The summed E-state index contributed by atoms with van der Waals surface area (Å²) in [5.74, 6) is 5.08. The van der Waals surface area contributed by atoms with E-state index in [4.69, 9.17) is 11.6 Å². The van der Waals surface area contributed by atoms with E-state index in [1.807, 2.05) is 30.3 Å². The van der Waals surface area contributed by atoms with Crippen molar-refractivity contribution >= 4 is 5.69 Å². The molecule has 0 amide bonds. The molecule has 1 atom stereocenters. The molecule has 0 aliphatic carbocycles. The molecule has 0 spiro atoms. The van der Waals surface area contributed by atoms with E-state index in [1.54, 1.807) is 0 Å². The molecule has 1 unspecified atom stereocenters. The van der Waals surface area contributed by atoms with Gasteiger partial charge in [0.2, 0.25) is 0 Å². The van der Waals surface area contributed by atoms with Crippen molar-refractivity contribution in [3.63, 3.8) is 0 Å². The number of rotatable bonds is 3. The first-order valence-corrected chi connectivity index (χ1v) is 3.36. The molecular formula is C7H12N4. The number of hydrogen-bond donors (Lipinski definition) is 4. The van der Waals surface area contributed by atoms with E-state index in [-0.39, 0.29) is 0 Å². The first kappa shape index (κ1) is 8.00. The lowest BCUT2D eigenvalue weighted by atomic mass is 10.3. The van der Waals surface area contributed by atoms with Crippen molar-refractivity contribution in [2.45, 2.75) is 6.29 Å². The molecule has 0 aromatic heterocycles. The second-order valence-electron chi connectivity index (χ2n) is 2.15. The molecule has 1 rings (SSSR count). The molecule has 0 radical (unpaired) electrons. The zero-order chi connectivity index (χ0) is 8.10. The maximum atomic E-state index is 5.46. The summed E-state index contributed by atoms with van der Waals surface area (Å²) in [5, 5.41) is 2.93. The molecule has 0 fully saturated rings. The third kappa shape index (κ3) is 2.55. The number of anilines is 1. The molecule has 11 heavy (non-hydrogen) atoms. The highest BCUT2D eigenvalue weighted by Crippen LogP contribution is 2.03. The van der Waals surface area contributed by atoms with Crippen LogP contribution in [0.5, 0.6) is 0 Å². The highest BCUT2D eigenvalue weighted by atomic mass is 15.4. The van der Waals surface area contributed by atoms with Crippen LogP contribution in [0.15, 0.2) is 30.3 Å². The van der Waals surface area contributed by atoms with Crippen LogP contribution >= 0.6 is 0 Å². The second-order valence-corrected chi connectivity index (χ2v) is 2.15. The van der Waals surface area contributed by atoms with E-state index < -0.39 is 6.29 Å². The molecule has 0 saturated carbocycles. The molecule has 60 valence electrons. The van der Waals surface area contributed by atoms with Crippen molar-refractivity contribution in [1.82, 2.24) is 5.43 Å². The Hall–Kier alpha value is -1.10. The molecule has 4 heteroatoms. The Morgan fingerprint density at radius 3 is 2.36 bits per heavy atom. The lowest BCUT2D eigenvalue weighted by molar-refractivity contribution is 0.605. The zero-order valence-electron chi connectivity index (χ0n) is 6.12. The smallest absolute Gasteiger partial charge is 0.142 e. The first-order chi connectivity index (χ1) is 5.33. The molecule has 0 aliphatic heterocycles. The summed E-state index contributed by atoms with van der Waals surface area (Å²) in [6.45, 7) is 0. The number of nitrogens with one attached hydrogen (secondary N) is 2.